The van der Waals surface area contributed by atoms with E-state index in [1.807, 2.05) is 6.92 Å². The van der Waals surface area contributed by atoms with Gasteiger partial charge in [0.2, 0.25) is 5.82 Å². The fourth-order valence-corrected chi connectivity index (χ4v) is 1.05. The number of aryl methyl sites for hydroxylation is 1. The fourth-order valence-electron chi connectivity index (χ4n) is 1.05. The third-order valence-corrected chi connectivity index (χ3v) is 2.00. The van der Waals surface area contributed by atoms with Crippen LogP contribution in [0.3, 0.4) is 0 Å². The second kappa shape index (κ2) is 5.24. The normalized spacial score (nSPS) is 9.94. The van der Waals surface area contributed by atoms with Gasteiger partial charge < -0.3 is 9.64 Å². The summed E-state index contributed by atoms with van der Waals surface area (Å²) < 4.78 is 4.45. The highest BCUT2D eigenvalue weighted by Crippen LogP contribution is 1.98. The lowest BCUT2D eigenvalue weighted by Crippen LogP contribution is -2.33. The zero-order valence-electron chi connectivity index (χ0n) is 9.48. The molecule has 0 fully saturated rings. The molecule has 16 heavy (non-hydrogen) atoms. The summed E-state index contributed by atoms with van der Waals surface area (Å²) in [5, 5.41) is 6.40. The van der Waals surface area contributed by atoms with Crippen molar-refractivity contribution in [1.29, 1.82) is 0 Å². The number of methoxy groups -OCH3 is 1. The van der Waals surface area contributed by atoms with Crippen LogP contribution in [0, 0.1) is 0 Å². The van der Waals surface area contributed by atoms with Crippen molar-refractivity contribution in [2.75, 3.05) is 20.7 Å². The number of carbonyl (C=O) groups is 2. The molecule has 1 aromatic rings. The molecule has 0 aliphatic rings. The molecule has 0 radical (unpaired) electrons. The molecule has 0 atom stereocenters. The first-order valence-electron chi connectivity index (χ1n) is 4.82. The number of nitrogens with zero attached hydrogens (tertiary/aromatic N) is 3. The summed E-state index contributed by atoms with van der Waals surface area (Å²) >= 11 is 0. The summed E-state index contributed by atoms with van der Waals surface area (Å²) in [7, 11) is 2.75. The van der Waals surface area contributed by atoms with E-state index in [1.165, 1.54) is 19.1 Å². The molecule has 7 heteroatoms. The van der Waals surface area contributed by atoms with Gasteiger partial charge in [-0.25, -0.2) is 4.98 Å². The van der Waals surface area contributed by atoms with Crippen LogP contribution in [0.1, 0.15) is 23.4 Å². The van der Waals surface area contributed by atoms with E-state index < -0.39 is 11.9 Å². The molecule has 0 aliphatic carbocycles. The van der Waals surface area contributed by atoms with Crippen molar-refractivity contribution in [3.63, 3.8) is 0 Å². The van der Waals surface area contributed by atoms with Gasteiger partial charge in [-0.15, -0.1) is 5.10 Å². The molecular formula is C9H14N4O3. The Bertz CT molecular complexity index is 388. The average molecular weight is 226 g/mol. The molecule has 1 rings (SSSR count). The predicted octanol–water partition coefficient (Wildman–Crippen LogP) is -0.388. The number of carbonyl (C=O) groups excluding carboxylic acids is 2. The Labute approximate surface area is 92.8 Å². The number of hydrogen-bond acceptors (Lipinski definition) is 5. The van der Waals surface area contributed by atoms with Crippen molar-refractivity contribution < 1.29 is 14.3 Å². The Morgan fingerprint density at radius 3 is 2.69 bits per heavy atom. The number of aromatic nitrogens is 3. The molecule has 1 heterocycles. The van der Waals surface area contributed by atoms with Crippen LogP contribution in [0.4, 0.5) is 0 Å². The first-order valence-corrected chi connectivity index (χ1v) is 4.82. The van der Waals surface area contributed by atoms with Gasteiger partial charge in [-0.1, -0.05) is 6.92 Å². The van der Waals surface area contributed by atoms with Crippen LogP contribution in [-0.2, 0) is 16.0 Å². The monoisotopic (exact) mass is 226 g/mol. The topological polar surface area (TPSA) is 88.2 Å². The van der Waals surface area contributed by atoms with Crippen LogP contribution >= 0.6 is 0 Å². The summed E-state index contributed by atoms with van der Waals surface area (Å²) in [5.74, 6) is -0.207. The molecule has 0 bridgehead atoms. The first-order chi connectivity index (χ1) is 7.58. The van der Waals surface area contributed by atoms with Crippen LogP contribution in [0.2, 0.25) is 0 Å². The molecule has 1 aromatic heterocycles. The quantitative estimate of drug-likeness (QED) is 0.706. The van der Waals surface area contributed by atoms with E-state index in [4.69, 9.17) is 0 Å². The standard InChI is InChI=1S/C9H14N4O3/c1-4-6-10-8(12-11-6)9(15)13(2)5-7(14)16-3/h4-5H2,1-3H3,(H,10,11,12). The number of esters is 1. The maximum atomic E-state index is 11.7. The van der Waals surface area contributed by atoms with E-state index in [2.05, 4.69) is 19.9 Å². The van der Waals surface area contributed by atoms with Gasteiger partial charge in [0.1, 0.15) is 12.4 Å². The number of rotatable bonds is 4. The van der Waals surface area contributed by atoms with Gasteiger partial charge in [-0.05, 0) is 0 Å². The molecule has 0 aliphatic heterocycles. The Morgan fingerprint density at radius 1 is 1.50 bits per heavy atom. The van der Waals surface area contributed by atoms with Crippen LogP contribution in [0.15, 0.2) is 0 Å². The van der Waals surface area contributed by atoms with Crippen molar-refractivity contribution in [1.82, 2.24) is 20.1 Å². The fraction of sp³-hybridized carbons (Fsp3) is 0.556. The van der Waals surface area contributed by atoms with Gasteiger partial charge in [-0.2, -0.15) is 0 Å². The predicted molar refractivity (Wildman–Crippen MR) is 54.7 cm³/mol. The average Bonchev–Trinajstić information content (AvgIpc) is 2.76. The molecule has 1 amide bonds. The van der Waals surface area contributed by atoms with E-state index in [9.17, 15) is 9.59 Å². The Balaban J connectivity index is 2.66. The molecule has 0 saturated carbocycles. The maximum absolute atomic E-state index is 11.7. The number of aromatic amines is 1. The third-order valence-electron chi connectivity index (χ3n) is 2.00. The second-order valence-electron chi connectivity index (χ2n) is 3.20. The SMILES string of the molecule is CCc1nc(C(=O)N(C)CC(=O)OC)n[nH]1. The van der Waals surface area contributed by atoms with E-state index in [0.717, 1.165) is 0 Å². The molecule has 1 N–H and O–H groups in total. The minimum atomic E-state index is -0.484. The van der Waals surface area contributed by atoms with Gasteiger partial charge in [0, 0.05) is 13.5 Å². The van der Waals surface area contributed by atoms with E-state index >= 15 is 0 Å². The molecule has 0 aromatic carbocycles. The zero-order chi connectivity index (χ0) is 12.1. The molecule has 88 valence electrons. The summed E-state index contributed by atoms with van der Waals surface area (Å²) in [5.41, 5.74) is 0. The van der Waals surface area contributed by atoms with Crippen LogP contribution in [0.25, 0.3) is 0 Å². The zero-order valence-corrected chi connectivity index (χ0v) is 9.48. The van der Waals surface area contributed by atoms with Crippen molar-refractivity contribution in [3.05, 3.63) is 11.6 Å². The largest absolute Gasteiger partial charge is 0.468 e. The number of ether oxygens (including phenoxy) is 1. The molecule has 7 nitrogen and oxygen atoms in total. The van der Waals surface area contributed by atoms with E-state index in [0.29, 0.717) is 12.2 Å². The molecule has 0 unspecified atom stereocenters. The highest BCUT2D eigenvalue weighted by molar-refractivity contribution is 5.92. The summed E-state index contributed by atoms with van der Waals surface area (Å²) in [4.78, 5) is 27.8. The third kappa shape index (κ3) is 2.78. The first kappa shape index (κ1) is 12.2. The van der Waals surface area contributed by atoms with Gasteiger partial charge in [0.25, 0.3) is 5.91 Å². The van der Waals surface area contributed by atoms with Crippen LogP contribution in [0.5, 0.6) is 0 Å². The Kier molecular flexibility index (Phi) is 3.98. The number of likely N-dealkylation sites (N-methyl/N-ethyl adjacent to an activating group) is 1. The Morgan fingerprint density at radius 2 is 2.19 bits per heavy atom. The van der Waals surface area contributed by atoms with Crippen molar-refractivity contribution in [2.24, 2.45) is 0 Å². The van der Waals surface area contributed by atoms with E-state index in [-0.39, 0.29) is 12.4 Å². The number of amides is 1. The highest BCUT2D eigenvalue weighted by Gasteiger charge is 2.19. The summed E-state index contributed by atoms with van der Waals surface area (Å²) in [6.45, 7) is 1.78. The molecule has 0 saturated heterocycles. The number of hydrogen-bond donors (Lipinski definition) is 1. The highest BCUT2D eigenvalue weighted by atomic mass is 16.5. The van der Waals surface area contributed by atoms with Gasteiger partial charge in [-0.3, -0.25) is 14.7 Å². The number of nitrogens with one attached hydrogen (secondary N) is 1. The summed E-state index contributed by atoms with van der Waals surface area (Å²) in [6.07, 6.45) is 0.668. The summed E-state index contributed by atoms with van der Waals surface area (Å²) in [6, 6.07) is 0. The Hall–Kier alpha value is -1.92. The van der Waals surface area contributed by atoms with Gasteiger partial charge >= 0.3 is 5.97 Å². The second-order valence-corrected chi connectivity index (χ2v) is 3.20. The van der Waals surface area contributed by atoms with Gasteiger partial charge in [0.05, 0.1) is 7.11 Å². The van der Waals surface area contributed by atoms with Crippen molar-refractivity contribution in [2.45, 2.75) is 13.3 Å². The lowest BCUT2D eigenvalue weighted by Gasteiger charge is -2.12. The lowest BCUT2D eigenvalue weighted by atomic mass is 10.4. The van der Waals surface area contributed by atoms with Gasteiger partial charge in [0.15, 0.2) is 0 Å². The van der Waals surface area contributed by atoms with Crippen LogP contribution in [-0.4, -0.2) is 52.7 Å². The van der Waals surface area contributed by atoms with Crippen molar-refractivity contribution >= 4 is 11.9 Å². The number of H-pyrrole nitrogens is 1. The smallest absolute Gasteiger partial charge is 0.325 e. The minimum absolute atomic E-state index is 0.0586. The minimum Gasteiger partial charge on any atom is -0.468 e. The molecular weight excluding hydrogens is 212 g/mol. The van der Waals surface area contributed by atoms with E-state index in [1.54, 1.807) is 0 Å². The maximum Gasteiger partial charge on any atom is 0.325 e. The van der Waals surface area contributed by atoms with Crippen molar-refractivity contribution in [3.8, 4) is 0 Å². The lowest BCUT2D eigenvalue weighted by molar-refractivity contribution is -0.141. The molecule has 0 spiro atoms. The van der Waals surface area contributed by atoms with Crippen LogP contribution < -0.4 is 0 Å².